The Morgan fingerprint density at radius 2 is 1.53 bits per heavy atom. The molecule has 320 valence electrons. The van der Waals surface area contributed by atoms with Gasteiger partial charge in [-0.05, 0) is 62.3 Å². The molecule has 1 heterocycles. The molecule has 0 spiro atoms. The number of thioether (sulfide) groups is 1. The van der Waals surface area contributed by atoms with E-state index in [-0.39, 0.29) is 35.1 Å². The average molecular weight is 842 g/mol. The zero-order valence-corrected chi connectivity index (χ0v) is 35.3. The van der Waals surface area contributed by atoms with Crippen LogP contribution in [-0.4, -0.2) is 109 Å². The Hall–Kier alpha value is -5.74. The summed E-state index contributed by atoms with van der Waals surface area (Å²) in [5.41, 5.74) is 8.73. The Morgan fingerprint density at radius 3 is 2.22 bits per heavy atom. The number of fused-ring (bicyclic) bond motifs is 2. The van der Waals surface area contributed by atoms with E-state index in [2.05, 4.69) is 26.6 Å². The van der Waals surface area contributed by atoms with Gasteiger partial charge in [0.15, 0.2) is 11.6 Å². The first-order chi connectivity index (χ1) is 28.8. The second-order valence-electron chi connectivity index (χ2n) is 15.4. The third-order valence-corrected chi connectivity index (χ3v) is 11.4. The number of ketones is 2. The molecule has 5 amide bonds. The predicted molar refractivity (Wildman–Crippen MR) is 230 cm³/mol. The maximum absolute atomic E-state index is 13.9. The van der Waals surface area contributed by atoms with Crippen molar-refractivity contribution in [3.63, 3.8) is 0 Å². The van der Waals surface area contributed by atoms with Crippen molar-refractivity contribution >= 4 is 58.6 Å². The fourth-order valence-corrected chi connectivity index (χ4v) is 8.18. The summed E-state index contributed by atoms with van der Waals surface area (Å²) >= 11 is 1.43. The van der Waals surface area contributed by atoms with Gasteiger partial charge in [-0.3, -0.25) is 33.6 Å². The minimum Gasteiger partial charge on any atom is -0.497 e. The Kier molecular flexibility index (Phi) is 16.2. The van der Waals surface area contributed by atoms with Crippen LogP contribution in [0, 0.1) is 5.92 Å². The number of amides is 5. The van der Waals surface area contributed by atoms with Crippen molar-refractivity contribution in [2.45, 2.75) is 76.4 Å². The van der Waals surface area contributed by atoms with Crippen molar-refractivity contribution < 1.29 is 38.3 Å². The highest BCUT2D eigenvalue weighted by Gasteiger charge is 2.38. The molecule has 0 bridgehead atoms. The molecule has 1 aliphatic heterocycles. The van der Waals surface area contributed by atoms with Crippen LogP contribution in [0.4, 0.5) is 5.69 Å². The first-order valence-corrected chi connectivity index (χ1v) is 21.4. The van der Waals surface area contributed by atoms with E-state index in [1.165, 1.54) is 23.6 Å². The summed E-state index contributed by atoms with van der Waals surface area (Å²) in [5, 5.41) is 14.2. The Labute approximate surface area is 354 Å². The molecule has 16 heteroatoms. The SMILES string of the molecule is COc1ccc(CSC[C@H](NC(=O)[C@H](C)N)C(=O)NCC(=O)N[C@@H](CC(C)C)C(=O)N2CCC[C@H]2C(=O)NCCCNc2cccc3c2C(=O)c2ccccc2C3=O)cc1. The fourth-order valence-electron chi connectivity index (χ4n) is 7.17. The van der Waals surface area contributed by atoms with Crippen molar-refractivity contribution in [1.29, 1.82) is 0 Å². The number of anilines is 1. The van der Waals surface area contributed by atoms with Gasteiger partial charge in [0.2, 0.25) is 29.5 Å². The number of ether oxygens (including phenoxy) is 1. The van der Waals surface area contributed by atoms with Crippen molar-refractivity contribution in [2.24, 2.45) is 11.7 Å². The van der Waals surface area contributed by atoms with Crippen LogP contribution < -0.4 is 37.1 Å². The van der Waals surface area contributed by atoms with Gasteiger partial charge in [-0.1, -0.05) is 62.4 Å². The third-order valence-electron chi connectivity index (χ3n) is 10.3. The van der Waals surface area contributed by atoms with E-state index in [0.717, 1.165) is 11.3 Å². The molecule has 1 fully saturated rings. The van der Waals surface area contributed by atoms with Crippen molar-refractivity contribution in [3.8, 4) is 5.75 Å². The van der Waals surface area contributed by atoms with Crippen LogP contribution in [0.15, 0.2) is 66.7 Å². The molecule has 5 rings (SSSR count). The van der Waals surface area contributed by atoms with Gasteiger partial charge < -0.3 is 42.0 Å². The van der Waals surface area contributed by atoms with E-state index >= 15 is 0 Å². The second kappa shape index (κ2) is 21.5. The minimum atomic E-state index is -0.969. The number of carbonyl (C=O) groups is 7. The first-order valence-electron chi connectivity index (χ1n) is 20.3. The van der Waals surface area contributed by atoms with Gasteiger partial charge in [0.25, 0.3) is 0 Å². The van der Waals surface area contributed by atoms with Crippen LogP contribution in [0.5, 0.6) is 5.75 Å². The van der Waals surface area contributed by atoms with E-state index in [0.29, 0.717) is 79.0 Å². The van der Waals surface area contributed by atoms with Crippen LogP contribution in [0.25, 0.3) is 0 Å². The lowest BCUT2D eigenvalue weighted by Gasteiger charge is -2.29. The van der Waals surface area contributed by atoms with E-state index in [1.54, 1.807) is 49.6 Å². The van der Waals surface area contributed by atoms with E-state index in [1.807, 2.05) is 38.1 Å². The van der Waals surface area contributed by atoms with E-state index in [9.17, 15) is 33.6 Å². The van der Waals surface area contributed by atoms with Gasteiger partial charge in [-0.25, -0.2) is 0 Å². The molecule has 0 unspecified atom stereocenters. The summed E-state index contributed by atoms with van der Waals surface area (Å²) in [6, 6.07) is 15.9. The Morgan fingerprint density at radius 1 is 0.833 bits per heavy atom. The summed E-state index contributed by atoms with van der Waals surface area (Å²) in [7, 11) is 1.58. The van der Waals surface area contributed by atoms with Crippen molar-refractivity contribution in [1.82, 2.24) is 26.2 Å². The van der Waals surface area contributed by atoms with Gasteiger partial charge >= 0.3 is 0 Å². The van der Waals surface area contributed by atoms with Gasteiger partial charge in [0.05, 0.1) is 25.3 Å². The highest BCUT2D eigenvalue weighted by molar-refractivity contribution is 7.98. The van der Waals surface area contributed by atoms with Crippen molar-refractivity contribution in [2.75, 3.05) is 44.4 Å². The monoisotopic (exact) mass is 841 g/mol. The first kappa shape index (κ1) is 45.3. The molecule has 3 aromatic rings. The fraction of sp³-hybridized carbons (Fsp3) is 0.432. The summed E-state index contributed by atoms with van der Waals surface area (Å²) < 4.78 is 5.20. The Bertz CT molecular complexity index is 2060. The zero-order chi connectivity index (χ0) is 43.3. The number of methoxy groups -OCH3 is 1. The van der Waals surface area contributed by atoms with E-state index in [4.69, 9.17) is 10.5 Å². The number of nitrogens with two attached hydrogens (primary N) is 1. The minimum absolute atomic E-state index is 0.0233. The van der Waals surface area contributed by atoms with Crippen LogP contribution in [-0.2, 0) is 29.7 Å². The molecule has 60 heavy (non-hydrogen) atoms. The summed E-state index contributed by atoms with van der Waals surface area (Å²) in [6.45, 7) is 5.97. The van der Waals surface area contributed by atoms with Gasteiger partial charge in [0.1, 0.15) is 23.9 Å². The van der Waals surface area contributed by atoms with Gasteiger partial charge in [-0.2, -0.15) is 11.8 Å². The quantitative estimate of drug-likeness (QED) is 0.0712. The van der Waals surface area contributed by atoms with Crippen LogP contribution >= 0.6 is 11.8 Å². The third kappa shape index (κ3) is 11.7. The molecule has 3 aromatic carbocycles. The van der Waals surface area contributed by atoms with Crippen LogP contribution in [0.3, 0.4) is 0 Å². The lowest BCUT2D eigenvalue weighted by molar-refractivity contribution is -0.141. The number of benzene rings is 3. The molecule has 0 saturated carbocycles. The number of nitrogens with one attached hydrogen (secondary N) is 5. The standard InChI is InChI=1S/C44H55N7O8S/c1-26(2)22-34(49-37(52)23-48-42(56)35(50-41(55)27(3)45)25-60-24-28-15-17-29(59-4)18-16-28)44(58)51-21-8-14-36(51)43(57)47-20-9-19-46-33-13-7-12-32-38(33)40(54)31-11-6-5-10-30(31)39(32)53/h5-7,10-13,15-18,26-27,34-36,46H,8-9,14,19-25,45H2,1-4H3,(H,47,57)(H,48,56)(H,49,52)(H,50,55)/t27-,34-,35-,36-/m0/s1. The highest BCUT2D eigenvalue weighted by Crippen LogP contribution is 2.32. The lowest BCUT2D eigenvalue weighted by Crippen LogP contribution is -2.56. The molecule has 1 saturated heterocycles. The molecule has 15 nitrogen and oxygen atoms in total. The Balaban J connectivity index is 1.11. The summed E-state index contributed by atoms with van der Waals surface area (Å²) in [6.07, 6.45) is 1.90. The molecule has 4 atom stereocenters. The van der Waals surface area contributed by atoms with Gasteiger partial charge in [0, 0.05) is 53.5 Å². The van der Waals surface area contributed by atoms with Crippen LogP contribution in [0.1, 0.15) is 83.9 Å². The number of hydrogen-bond acceptors (Lipinski definition) is 11. The maximum atomic E-state index is 13.9. The molecule has 7 N–H and O–H groups in total. The summed E-state index contributed by atoms with van der Waals surface area (Å²) in [5.74, 6) is -1.25. The van der Waals surface area contributed by atoms with E-state index < -0.39 is 48.4 Å². The number of rotatable bonds is 20. The molecule has 0 aromatic heterocycles. The highest BCUT2D eigenvalue weighted by atomic mass is 32.2. The average Bonchev–Trinajstić information content (AvgIpc) is 3.74. The maximum Gasteiger partial charge on any atom is 0.245 e. The number of likely N-dealkylation sites (tertiary alicyclic amines) is 1. The number of hydrogen-bond donors (Lipinski definition) is 6. The largest absolute Gasteiger partial charge is 0.497 e. The molecular weight excluding hydrogens is 787 g/mol. The van der Waals surface area contributed by atoms with Crippen LogP contribution in [0.2, 0.25) is 0 Å². The molecular formula is C44H55N7O8S. The van der Waals surface area contributed by atoms with Crippen molar-refractivity contribution in [3.05, 3.63) is 94.5 Å². The number of carbonyl (C=O) groups excluding carboxylic acids is 7. The molecule has 0 radical (unpaired) electrons. The molecule has 1 aliphatic carbocycles. The predicted octanol–water partition coefficient (Wildman–Crippen LogP) is 2.79. The summed E-state index contributed by atoms with van der Waals surface area (Å²) in [4.78, 5) is 94.2. The number of nitrogens with zero attached hydrogens (tertiary/aromatic N) is 1. The second-order valence-corrected chi connectivity index (χ2v) is 16.4. The smallest absolute Gasteiger partial charge is 0.245 e. The molecule has 2 aliphatic rings. The zero-order valence-electron chi connectivity index (χ0n) is 34.5. The van der Waals surface area contributed by atoms with Gasteiger partial charge in [-0.15, -0.1) is 0 Å². The topological polar surface area (TPSA) is 218 Å². The lowest BCUT2D eigenvalue weighted by atomic mass is 9.83. The normalized spacial score (nSPS) is 15.9.